The van der Waals surface area contributed by atoms with Crippen LogP contribution >= 0.6 is 0 Å². The van der Waals surface area contributed by atoms with Gasteiger partial charge in [-0.05, 0) is 24.3 Å². The van der Waals surface area contributed by atoms with E-state index in [1.165, 1.54) is 21.8 Å². The Morgan fingerprint density at radius 3 is 1.71 bits per heavy atom. The maximum absolute atomic E-state index is 5.06. The lowest BCUT2D eigenvalue weighted by Crippen LogP contribution is -1.97. The molecule has 0 amide bonds. The van der Waals surface area contributed by atoms with E-state index in [4.69, 9.17) is 4.98 Å². The average molecular weight is 436 g/mol. The predicted octanol–water partition coefficient (Wildman–Crippen LogP) is 7.77. The van der Waals surface area contributed by atoms with Gasteiger partial charge in [0, 0.05) is 28.1 Å². The molecule has 0 radical (unpaired) electrons. The molecular formula is C31H21N3. The normalized spacial score (nSPS) is 11.5. The van der Waals surface area contributed by atoms with Gasteiger partial charge in [-0.2, -0.15) is 0 Å². The Kier molecular flexibility index (Phi) is 4.15. The molecule has 0 N–H and O–H groups in total. The molecule has 0 bridgehead atoms. The zero-order valence-electron chi connectivity index (χ0n) is 18.5. The topological polar surface area (TPSA) is 22.2 Å². The Hall–Kier alpha value is -4.63. The molecular weight excluding hydrogens is 414 g/mol. The minimum absolute atomic E-state index is 0.933. The van der Waals surface area contributed by atoms with E-state index in [0.717, 1.165) is 33.8 Å². The molecule has 0 spiro atoms. The molecule has 160 valence electrons. The molecule has 0 aliphatic heterocycles. The molecule has 3 aromatic heterocycles. The van der Waals surface area contributed by atoms with Crippen LogP contribution in [0.15, 0.2) is 128 Å². The number of pyridine rings is 1. The first kappa shape index (κ1) is 18.9. The molecule has 0 aliphatic carbocycles. The Balaban J connectivity index is 1.56. The van der Waals surface area contributed by atoms with E-state index >= 15 is 0 Å². The average Bonchev–Trinajstić information content (AvgIpc) is 3.45. The highest BCUT2D eigenvalue weighted by molar-refractivity contribution is 6.09. The second-order valence-electron chi connectivity index (χ2n) is 8.53. The SMILES string of the molecule is c1ccc(-c2nc3ccc(-n4c5ccccc5c5ccccc54)cn3c2-c2ccccc2)cc1. The Labute approximate surface area is 197 Å². The molecule has 0 unspecified atom stereocenters. The van der Waals surface area contributed by atoms with Crippen LogP contribution in [-0.2, 0) is 0 Å². The maximum Gasteiger partial charge on any atom is 0.138 e. The van der Waals surface area contributed by atoms with Crippen LogP contribution in [0.1, 0.15) is 0 Å². The highest BCUT2D eigenvalue weighted by Gasteiger charge is 2.18. The number of benzene rings is 4. The summed E-state index contributed by atoms with van der Waals surface area (Å²) < 4.78 is 4.58. The molecule has 3 heterocycles. The molecule has 7 rings (SSSR count). The van der Waals surface area contributed by atoms with E-state index in [9.17, 15) is 0 Å². The van der Waals surface area contributed by atoms with E-state index in [-0.39, 0.29) is 0 Å². The highest BCUT2D eigenvalue weighted by atomic mass is 15.1. The maximum atomic E-state index is 5.06. The van der Waals surface area contributed by atoms with Crippen molar-refractivity contribution in [3.05, 3.63) is 128 Å². The molecule has 3 nitrogen and oxygen atoms in total. The molecule has 34 heavy (non-hydrogen) atoms. The summed E-state index contributed by atoms with van der Waals surface area (Å²) in [5.41, 5.74) is 8.80. The minimum Gasteiger partial charge on any atom is -0.308 e. The summed E-state index contributed by atoms with van der Waals surface area (Å²) in [5.74, 6) is 0. The molecule has 0 aliphatic rings. The van der Waals surface area contributed by atoms with E-state index in [0.29, 0.717) is 0 Å². The second-order valence-corrected chi connectivity index (χ2v) is 8.53. The summed E-state index contributed by atoms with van der Waals surface area (Å²) >= 11 is 0. The zero-order chi connectivity index (χ0) is 22.5. The van der Waals surface area contributed by atoms with Gasteiger partial charge in [-0.15, -0.1) is 0 Å². The smallest absolute Gasteiger partial charge is 0.138 e. The van der Waals surface area contributed by atoms with E-state index < -0.39 is 0 Å². The van der Waals surface area contributed by atoms with Gasteiger partial charge in [-0.25, -0.2) is 4.98 Å². The summed E-state index contributed by atoms with van der Waals surface area (Å²) in [6, 6.07) is 42.5. The molecule has 0 atom stereocenters. The Morgan fingerprint density at radius 1 is 0.500 bits per heavy atom. The van der Waals surface area contributed by atoms with Crippen LogP contribution in [0.2, 0.25) is 0 Å². The highest BCUT2D eigenvalue weighted by Crippen LogP contribution is 2.35. The molecule has 0 saturated carbocycles. The van der Waals surface area contributed by atoms with Gasteiger partial charge in [-0.3, -0.25) is 4.40 Å². The first-order valence-corrected chi connectivity index (χ1v) is 11.5. The number of aromatic nitrogens is 3. The third-order valence-electron chi connectivity index (χ3n) is 6.54. The van der Waals surface area contributed by atoms with Crippen LogP contribution in [0.3, 0.4) is 0 Å². The fourth-order valence-corrected chi connectivity index (χ4v) is 5.04. The third-order valence-corrected chi connectivity index (χ3v) is 6.54. The summed E-state index contributed by atoms with van der Waals surface area (Å²) in [6.07, 6.45) is 2.22. The zero-order valence-corrected chi connectivity index (χ0v) is 18.5. The fourth-order valence-electron chi connectivity index (χ4n) is 5.04. The molecule has 0 saturated heterocycles. The van der Waals surface area contributed by atoms with Crippen LogP contribution in [0, 0.1) is 0 Å². The van der Waals surface area contributed by atoms with E-state index in [2.05, 4.69) is 130 Å². The molecule has 4 aromatic carbocycles. The summed E-state index contributed by atoms with van der Waals surface area (Å²) in [7, 11) is 0. The van der Waals surface area contributed by atoms with Gasteiger partial charge >= 0.3 is 0 Å². The lowest BCUT2D eigenvalue weighted by molar-refractivity contribution is 1.10. The van der Waals surface area contributed by atoms with Crippen molar-refractivity contribution >= 4 is 27.5 Å². The molecule has 7 aromatic rings. The van der Waals surface area contributed by atoms with Crippen LogP contribution in [0.4, 0.5) is 0 Å². The predicted molar refractivity (Wildman–Crippen MR) is 140 cm³/mol. The number of hydrogen-bond donors (Lipinski definition) is 0. The van der Waals surface area contributed by atoms with E-state index in [1.54, 1.807) is 0 Å². The number of imidazole rings is 1. The summed E-state index contributed by atoms with van der Waals surface area (Å²) in [4.78, 5) is 5.06. The first-order valence-electron chi connectivity index (χ1n) is 11.5. The molecule has 0 fully saturated rings. The van der Waals surface area contributed by atoms with Gasteiger partial charge < -0.3 is 4.57 Å². The lowest BCUT2D eigenvalue weighted by Gasteiger charge is -2.10. The van der Waals surface area contributed by atoms with Crippen molar-refractivity contribution in [2.75, 3.05) is 0 Å². The van der Waals surface area contributed by atoms with Gasteiger partial charge in [-0.1, -0.05) is 97.1 Å². The lowest BCUT2D eigenvalue weighted by atomic mass is 10.1. The van der Waals surface area contributed by atoms with E-state index in [1.807, 2.05) is 6.07 Å². The van der Waals surface area contributed by atoms with Gasteiger partial charge in [0.25, 0.3) is 0 Å². The number of fused-ring (bicyclic) bond motifs is 4. The minimum atomic E-state index is 0.933. The number of hydrogen-bond acceptors (Lipinski definition) is 1. The van der Waals surface area contributed by atoms with Gasteiger partial charge in [0.1, 0.15) is 5.65 Å². The second kappa shape index (κ2) is 7.46. The number of rotatable bonds is 3. The van der Waals surface area contributed by atoms with Gasteiger partial charge in [0.15, 0.2) is 0 Å². The first-order chi connectivity index (χ1) is 16.9. The van der Waals surface area contributed by atoms with Crippen LogP contribution in [0.25, 0.3) is 55.7 Å². The van der Waals surface area contributed by atoms with Crippen molar-refractivity contribution in [1.29, 1.82) is 0 Å². The third kappa shape index (κ3) is 2.81. The quantitative estimate of drug-likeness (QED) is 0.278. The standard InChI is InChI=1S/C31H21N3/c1-3-11-22(12-4-1)30-31(23-13-5-2-6-14-23)33-21-24(19-20-29(33)32-30)34-27-17-9-7-15-25(27)26-16-8-10-18-28(26)34/h1-21H. The Morgan fingerprint density at radius 2 is 1.06 bits per heavy atom. The van der Waals surface area contributed by atoms with Crippen molar-refractivity contribution in [1.82, 2.24) is 14.0 Å². The van der Waals surface area contributed by atoms with Crippen molar-refractivity contribution in [2.24, 2.45) is 0 Å². The monoisotopic (exact) mass is 435 g/mol. The van der Waals surface area contributed by atoms with Crippen molar-refractivity contribution < 1.29 is 0 Å². The van der Waals surface area contributed by atoms with Crippen LogP contribution < -0.4 is 0 Å². The van der Waals surface area contributed by atoms with Crippen LogP contribution in [-0.4, -0.2) is 14.0 Å². The summed E-state index contributed by atoms with van der Waals surface area (Å²) in [5, 5.41) is 2.52. The molecule has 3 heteroatoms. The van der Waals surface area contributed by atoms with Crippen molar-refractivity contribution in [3.8, 4) is 28.2 Å². The van der Waals surface area contributed by atoms with Gasteiger partial charge in [0.2, 0.25) is 0 Å². The number of para-hydroxylation sites is 2. The van der Waals surface area contributed by atoms with Crippen LogP contribution in [0.5, 0.6) is 0 Å². The van der Waals surface area contributed by atoms with Gasteiger partial charge in [0.05, 0.1) is 28.1 Å². The Bertz CT molecular complexity index is 1740. The van der Waals surface area contributed by atoms with Crippen molar-refractivity contribution in [2.45, 2.75) is 0 Å². The van der Waals surface area contributed by atoms with Crippen molar-refractivity contribution in [3.63, 3.8) is 0 Å². The largest absolute Gasteiger partial charge is 0.308 e. The summed E-state index contributed by atoms with van der Waals surface area (Å²) in [6.45, 7) is 0. The fraction of sp³-hybridized carbons (Fsp3) is 0. The number of nitrogens with zero attached hydrogens (tertiary/aromatic N) is 3.